The van der Waals surface area contributed by atoms with E-state index in [9.17, 15) is 18.0 Å². The van der Waals surface area contributed by atoms with E-state index in [1.54, 1.807) is 70.6 Å². The lowest BCUT2D eigenvalue weighted by Gasteiger charge is -2.35. The van der Waals surface area contributed by atoms with Gasteiger partial charge in [-0.05, 0) is 48.9 Å². The van der Waals surface area contributed by atoms with E-state index in [2.05, 4.69) is 15.0 Å². The molecule has 2 heterocycles. The number of sulfonamides is 1. The summed E-state index contributed by atoms with van der Waals surface area (Å²) in [5, 5.41) is 4.35. The van der Waals surface area contributed by atoms with Gasteiger partial charge in [0, 0.05) is 54.0 Å². The predicted molar refractivity (Wildman–Crippen MR) is 146 cm³/mol. The van der Waals surface area contributed by atoms with Crippen LogP contribution >= 0.6 is 11.6 Å². The van der Waals surface area contributed by atoms with E-state index in [4.69, 9.17) is 11.6 Å². The maximum Gasteiger partial charge on any atom is 0.317 e. The lowest BCUT2D eigenvalue weighted by atomic mass is 10.1. The molecule has 3 amide bonds. The molecule has 0 radical (unpaired) electrons. The summed E-state index contributed by atoms with van der Waals surface area (Å²) in [6.07, 6.45) is 7.69. The molecule has 1 aliphatic heterocycles. The highest BCUT2D eigenvalue weighted by atomic mass is 35.5. The molecule has 0 spiro atoms. The lowest BCUT2D eigenvalue weighted by molar-refractivity contribution is 0.0664. The van der Waals surface area contributed by atoms with Gasteiger partial charge in [0.25, 0.3) is 15.9 Å². The Morgan fingerprint density at radius 2 is 1.66 bits per heavy atom. The van der Waals surface area contributed by atoms with Crippen LogP contribution in [-0.2, 0) is 10.0 Å². The first-order valence-electron chi connectivity index (χ1n) is 12.2. The third-order valence-electron chi connectivity index (χ3n) is 6.49. The molecule has 0 bridgehead atoms. The number of rotatable bonds is 5. The summed E-state index contributed by atoms with van der Waals surface area (Å²) in [5.41, 5.74) is 1.16. The van der Waals surface area contributed by atoms with Crippen LogP contribution < -0.4 is 10.0 Å². The number of anilines is 1. The monoisotopic (exact) mass is 551 g/mol. The molecule has 2 aromatic carbocycles. The molecule has 3 aromatic rings. The molecule has 1 atom stereocenters. The van der Waals surface area contributed by atoms with Crippen LogP contribution in [0.5, 0.6) is 0 Å². The Morgan fingerprint density at radius 3 is 2.37 bits per heavy atom. The summed E-state index contributed by atoms with van der Waals surface area (Å²) >= 11 is 5.93. The Morgan fingerprint density at radius 1 is 0.947 bits per heavy atom. The van der Waals surface area contributed by atoms with Gasteiger partial charge in [0.2, 0.25) is 0 Å². The highest BCUT2D eigenvalue weighted by molar-refractivity contribution is 7.93. The number of nitrogens with one attached hydrogen (secondary N) is 2. The number of benzene rings is 2. The van der Waals surface area contributed by atoms with E-state index in [1.165, 1.54) is 6.07 Å². The van der Waals surface area contributed by atoms with Crippen LogP contribution in [0.3, 0.4) is 0 Å². The van der Waals surface area contributed by atoms with Gasteiger partial charge in [0.05, 0.1) is 11.6 Å². The zero-order chi connectivity index (χ0) is 26.7. The highest BCUT2D eigenvalue weighted by Gasteiger charge is 2.26. The van der Waals surface area contributed by atoms with E-state index in [0.717, 1.165) is 5.39 Å². The number of amides is 3. The molecule has 9 nitrogen and oxygen atoms in total. The van der Waals surface area contributed by atoms with Crippen molar-refractivity contribution >= 4 is 50.2 Å². The Bertz CT molecular complexity index is 1530. The van der Waals surface area contributed by atoms with Crippen molar-refractivity contribution in [3.05, 3.63) is 89.6 Å². The van der Waals surface area contributed by atoms with Gasteiger partial charge in [-0.1, -0.05) is 42.0 Å². The molecule has 1 fully saturated rings. The van der Waals surface area contributed by atoms with E-state index in [1.807, 2.05) is 12.2 Å². The lowest BCUT2D eigenvalue weighted by Crippen LogP contribution is -2.54. The van der Waals surface area contributed by atoms with Gasteiger partial charge < -0.3 is 15.1 Å². The number of pyridine rings is 1. The van der Waals surface area contributed by atoms with Crippen molar-refractivity contribution in [1.29, 1.82) is 0 Å². The third kappa shape index (κ3) is 5.66. The summed E-state index contributed by atoms with van der Waals surface area (Å²) in [5.74, 6) is -0.173. The Hall–Kier alpha value is -3.89. The summed E-state index contributed by atoms with van der Waals surface area (Å²) < 4.78 is 28.6. The average Bonchev–Trinajstić information content (AvgIpc) is 2.94. The first-order valence-corrected chi connectivity index (χ1v) is 14.0. The molecule has 1 saturated heterocycles. The van der Waals surface area contributed by atoms with E-state index in [0.29, 0.717) is 54.4 Å². The summed E-state index contributed by atoms with van der Waals surface area (Å²) in [6, 6.07) is 14.6. The molecular formula is C27H26ClN5O4S. The number of piperazine rings is 1. The normalized spacial score (nSPS) is 17.7. The number of carbonyl (C=O) groups is 2. The minimum Gasteiger partial charge on any atom is -0.335 e. The number of hydrogen-bond acceptors (Lipinski definition) is 5. The Kier molecular flexibility index (Phi) is 7.35. The highest BCUT2D eigenvalue weighted by Crippen LogP contribution is 2.24. The van der Waals surface area contributed by atoms with Crippen molar-refractivity contribution in [1.82, 2.24) is 20.1 Å². The molecule has 1 unspecified atom stereocenters. The number of carbonyl (C=O) groups excluding carboxylic acids is 2. The minimum atomic E-state index is -3.89. The molecule has 1 aliphatic carbocycles. The number of para-hydroxylation sites is 1. The van der Waals surface area contributed by atoms with E-state index >= 15 is 0 Å². The maximum absolute atomic E-state index is 13.0. The summed E-state index contributed by atoms with van der Waals surface area (Å²) in [6.45, 7) is 1.64. The van der Waals surface area contributed by atoms with Crippen molar-refractivity contribution in [3.63, 3.8) is 0 Å². The average molecular weight is 552 g/mol. The predicted octanol–water partition coefficient (Wildman–Crippen LogP) is 3.95. The van der Waals surface area contributed by atoms with E-state index in [-0.39, 0.29) is 22.9 Å². The standard InChI is InChI=1S/C27H26ClN5O4S/c28-21-8-12-22(13-9-21)30-27(35)33-17-15-32(16-18-33)26(34)20-6-10-23(11-7-20)31-38(36,37)24-5-1-3-19-4-2-14-29-25(19)24/h1-12,14,22,31H,13,15-18H2,(H,30,35). The van der Waals surface area contributed by atoms with Crippen molar-refractivity contribution in [2.45, 2.75) is 17.4 Å². The number of allylic oxidation sites excluding steroid dienone is 2. The summed E-state index contributed by atoms with van der Waals surface area (Å²) in [4.78, 5) is 33.3. The first kappa shape index (κ1) is 25.7. The Balaban J connectivity index is 1.18. The van der Waals surface area contributed by atoms with Crippen LogP contribution in [-0.4, -0.2) is 67.4 Å². The number of nitrogens with zero attached hydrogens (tertiary/aromatic N) is 3. The largest absolute Gasteiger partial charge is 0.335 e. The SMILES string of the molecule is O=C(NC1C=CC(Cl)=CC1)N1CCN(C(=O)c2ccc(NS(=O)(=O)c3cccc4cccnc34)cc2)CC1. The van der Waals surface area contributed by atoms with Gasteiger partial charge in [0.1, 0.15) is 4.90 Å². The van der Waals surface area contributed by atoms with Gasteiger partial charge >= 0.3 is 6.03 Å². The summed E-state index contributed by atoms with van der Waals surface area (Å²) in [7, 11) is -3.89. The van der Waals surface area contributed by atoms with Gasteiger partial charge in [-0.3, -0.25) is 14.5 Å². The van der Waals surface area contributed by atoms with Gasteiger partial charge in [0.15, 0.2) is 0 Å². The van der Waals surface area contributed by atoms with Crippen LogP contribution in [0, 0.1) is 0 Å². The molecule has 2 aliphatic rings. The van der Waals surface area contributed by atoms with Crippen molar-refractivity contribution in [3.8, 4) is 0 Å². The molecule has 38 heavy (non-hydrogen) atoms. The van der Waals surface area contributed by atoms with Crippen LogP contribution in [0.15, 0.2) is 88.9 Å². The molecule has 0 saturated carbocycles. The number of fused-ring (bicyclic) bond motifs is 1. The zero-order valence-corrected chi connectivity index (χ0v) is 22.0. The zero-order valence-electron chi connectivity index (χ0n) is 20.4. The quantitative estimate of drug-likeness (QED) is 0.498. The topological polar surface area (TPSA) is 112 Å². The van der Waals surface area contributed by atoms with Crippen LogP contribution in [0.2, 0.25) is 0 Å². The molecule has 2 N–H and O–H groups in total. The number of halogens is 1. The second-order valence-corrected chi connectivity index (χ2v) is 11.1. The van der Waals surface area contributed by atoms with Gasteiger partial charge in [-0.15, -0.1) is 0 Å². The van der Waals surface area contributed by atoms with Crippen LogP contribution in [0.4, 0.5) is 10.5 Å². The van der Waals surface area contributed by atoms with Crippen molar-refractivity contribution < 1.29 is 18.0 Å². The van der Waals surface area contributed by atoms with Crippen molar-refractivity contribution in [2.24, 2.45) is 0 Å². The second-order valence-electron chi connectivity index (χ2n) is 9.03. The van der Waals surface area contributed by atoms with Gasteiger partial charge in [-0.25, -0.2) is 13.2 Å². The fourth-order valence-corrected chi connectivity index (χ4v) is 5.83. The number of hydrogen-bond donors (Lipinski definition) is 2. The minimum absolute atomic E-state index is 0.0810. The fourth-order valence-electron chi connectivity index (χ4n) is 4.43. The third-order valence-corrected chi connectivity index (χ3v) is 8.18. The number of urea groups is 1. The van der Waals surface area contributed by atoms with Crippen LogP contribution in [0.1, 0.15) is 16.8 Å². The number of aromatic nitrogens is 1. The Labute approximate surface area is 225 Å². The molecule has 196 valence electrons. The molecule has 5 rings (SSSR count). The smallest absolute Gasteiger partial charge is 0.317 e. The van der Waals surface area contributed by atoms with E-state index < -0.39 is 10.0 Å². The maximum atomic E-state index is 13.0. The first-order chi connectivity index (χ1) is 18.3. The second kappa shape index (κ2) is 10.8. The fraction of sp³-hybridized carbons (Fsp3) is 0.222. The molecular weight excluding hydrogens is 526 g/mol. The molecule has 1 aromatic heterocycles. The van der Waals surface area contributed by atoms with Gasteiger partial charge in [-0.2, -0.15) is 0 Å². The van der Waals surface area contributed by atoms with Crippen LogP contribution in [0.25, 0.3) is 10.9 Å². The molecule has 11 heteroatoms. The van der Waals surface area contributed by atoms with Crippen molar-refractivity contribution in [2.75, 3.05) is 30.9 Å².